The maximum Gasteiger partial charge on any atom is 0.416 e. The largest absolute Gasteiger partial charge is 0.491 e. The lowest BCUT2D eigenvalue weighted by Crippen LogP contribution is -2.08. The first-order valence-electron chi connectivity index (χ1n) is 5.42. The summed E-state index contributed by atoms with van der Waals surface area (Å²) in [5.41, 5.74) is -0.674. The Morgan fingerprint density at radius 3 is 2.18 bits per heavy atom. The van der Waals surface area contributed by atoms with Gasteiger partial charge in [0.1, 0.15) is 12.4 Å². The summed E-state index contributed by atoms with van der Waals surface area (Å²) in [5.74, 6) is 0.415. The van der Waals surface area contributed by atoms with Gasteiger partial charge in [-0.2, -0.15) is 13.2 Å². The van der Waals surface area contributed by atoms with Crippen molar-refractivity contribution in [3.05, 3.63) is 29.8 Å². The van der Waals surface area contributed by atoms with Gasteiger partial charge in [-0.1, -0.05) is 6.92 Å². The third kappa shape index (κ3) is 5.08. The molecule has 0 aliphatic carbocycles. The smallest absolute Gasteiger partial charge is 0.416 e. The number of benzene rings is 1. The van der Waals surface area contributed by atoms with Crippen LogP contribution in [0.15, 0.2) is 24.3 Å². The van der Waals surface area contributed by atoms with Crippen molar-refractivity contribution in [3.8, 4) is 5.75 Å². The molecule has 1 aromatic rings. The minimum absolute atomic E-state index is 0.339. The van der Waals surface area contributed by atoms with E-state index in [0.717, 1.165) is 18.6 Å². The molecule has 0 saturated carbocycles. The highest BCUT2D eigenvalue weighted by molar-refractivity contribution is 5.28. The summed E-state index contributed by atoms with van der Waals surface area (Å²) >= 11 is 0. The lowest BCUT2D eigenvalue weighted by atomic mass is 10.2. The fourth-order valence-corrected chi connectivity index (χ4v) is 1.20. The molecule has 0 atom stereocenters. The molecule has 96 valence electrons. The van der Waals surface area contributed by atoms with Gasteiger partial charge in [0.2, 0.25) is 0 Å². The Balaban J connectivity index is 2.36. The van der Waals surface area contributed by atoms with Crippen LogP contribution in [0, 0.1) is 0 Å². The van der Waals surface area contributed by atoms with E-state index in [1.165, 1.54) is 12.1 Å². The zero-order valence-corrected chi connectivity index (χ0v) is 9.59. The van der Waals surface area contributed by atoms with Crippen LogP contribution in [0.25, 0.3) is 0 Å². The van der Waals surface area contributed by atoms with Crippen molar-refractivity contribution in [1.82, 2.24) is 0 Å². The fraction of sp³-hybridized carbons (Fsp3) is 0.500. The van der Waals surface area contributed by atoms with Gasteiger partial charge in [0.25, 0.3) is 0 Å². The summed E-state index contributed by atoms with van der Waals surface area (Å²) in [6.07, 6.45) is -3.37. The van der Waals surface area contributed by atoms with Crippen LogP contribution in [0.1, 0.15) is 18.9 Å². The first kappa shape index (κ1) is 13.8. The second-order valence-electron chi connectivity index (χ2n) is 3.48. The topological polar surface area (TPSA) is 18.5 Å². The SMILES string of the molecule is CCCOCCOc1ccc(C(F)(F)F)cc1. The summed E-state index contributed by atoms with van der Waals surface area (Å²) in [6.45, 7) is 3.44. The van der Waals surface area contributed by atoms with E-state index in [2.05, 4.69) is 0 Å². The van der Waals surface area contributed by atoms with Crippen LogP contribution < -0.4 is 4.74 Å². The molecular formula is C12H15F3O2. The maximum absolute atomic E-state index is 12.3. The van der Waals surface area contributed by atoms with Crippen LogP contribution in [0.4, 0.5) is 13.2 Å². The molecule has 0 radical (unpaired) electrons. The van der Waals surface area contributed by atoms with Crippen LogP contribution >= 0.6 is 0 Å². The van der Waals surface area contributed by atoms with Crippen molar-refractivity contribution in [2.45, 2.75) is 19.5 Å². The van der Waals surface area contributed by atoms with Gasteiger partial charge in [0.15, 0.2) is 0 Å². The van der Waals surface area contributed by atoms with E-state index < -0.39 is 11.7 Å². The molecule has 0 fully saturated rings. The summed E-state index contributed by atoms with van der Waals surface area (Å²) in [7, 11) is 0. The molecule has 1 aromatic carbocycles. The minimum atomic E-state index is -4.30. The van der Waals surface area contributed by atoms with E-state index in [0.29, 0.717) is 25.6 Å². The number of ether oxygens (including phenoxy) is 2. The number of alkyl halides is 3. The average Bonchev–Trinajstić information content (AvgIpc) is 2.28. The molecule has 0 amide bonds. The molecule has 1 rings (SSSR count). The minimum Gasteiger partial charge on any atom is -0.491 e. The second-order valence-corrected chi connectivity index (χ2v) is 3.48. The molecule has 0 aliphatic heterocycles. The van der Waals surface area contributed by atoms with Crippen LogP contribution in [-0.2, 0) is 10.9 Å². The summed E-state index contributed by atoms with van der Waals surface area (Å²) < 4.78 is 47.2. The van der Waals surface area contributed by atoms with Crippen molar-refractivity contribution < 1.29 is 22.6 Å². The molecule has 0 heterocycles. The van der Waals surface area contributed by atoms with Gasteiger partial charge in [-0.3, -0.25) is 0 Å². The lowest BCUT2D eigenvalue weighted by molar-refractivity contribution is -0.137. The second kappa shape index (κ2) is 6.49. The van der Waals surface area contributed by atoms with E-state index in [-0.39, 0.29) is 0 Å². The van der Waals surface area contributed by atoms with Gasteiger partial charge in [-0.15, -0.1) is 0 Å². The summed E-state index contributed by atoms with van der Waals surface area (Å²) in [6, 6.07) is 4.62. The van der Waals surface area contributed by atoms with Crippen LogP contribution in [-0.4, -0.2) is 19.8 Å². The Labute approximate surface area is 98.3 Å². The average molecular weight is 248 g/mol. The van der Waals surface area contributed by atoms with E-state index in [1.807, 2.05) is 6.92 Å². The molecule has 0 saturated heterocycles. The highest BCUT2D eigenvalue weighted by atomic mass is 19.4. The molecule has 0 bridgehead atoms. The van der Waals surface area contributed by atoms with Gasteiger partial charge < -0.3 is 9.47 Å². The Hall–Kier alpha value is -1.23. The van der Waals surface area contributed by atoms with Crippen LogP contribution in [0.5, 0.6) is 5.75 Å². The molecule has 17 heavy (non-hydrogen) atoms. The van der Waals surface area contributed by atoms with Crippen molar-refractivity contribution in [2.24, 2.45) is 0 Å². The van der Waals surface area contributed by atoms with Crippen molar-refractivity contribution >= 4 is 0 Å². The quantitative estimate of drug-likeness (QED) is 0.717. The Morgan fingerprint density at radius 1 is 1.00 bits per heavy atom. The van der Waals surface area contributed by atoms with E-state index in [4.69, 9.17) is 9.47 Å². The predicted octanol–water partition coefficient (Wildman–Crippen LogP) is 3.51. The molecule has 0 unspecified atom stereocenters. The van der Waals surface area contributed by atoms with E-state index in [1.54, 1.807) is 0 Å². The highest BCUT2D eigenvalue weighted by Crippen LogP contribution is 2.30. The normalized spacial score (nSPS) is 11.5. The van der Waals surface area contributed by atoms with E-state index in [9.17, 15) is 13.2 Å². The Bertz CT molecular complexity index is 320. The van der Waals surface area contributed by atoms with Crippen molar-refractivity contribution in [2.75, 3.05) is 19.8 Å². The fourth-order valence-electron chi connectivity index (χ4n) is 1.20. The van der Waals surface area contributed by atoms with E-state index >= 15 is 0 Å². The van der Waals surface area contributed by atoms with Gasteiger partial charge in [0.05, 0.1) is 12.2 Å². The first-order valence-corrected chi connectivity index (χ1v) is 5.42. The molecule has 0 N–H and O–H groups in total. The zero-order valence-electron chi connectivity index (χ0n) is 9.59. The number of hydrogen-bond donors (Lipinski definition) is 0. The predicted molar refractivity (Wildman–Crippen MR) is 58.0 cm³/mol. The van der Waals surface area contributed by atoms with Gasteiger partial charge >= 0.3 is 6.18 Å². The Morgan fingerprint density at radius 2 is 1.65 bits per heavy atom. The van der Waals surface area contributed by atoms with Gasteiger partial charge in [0, 0.05) is 6.61 Å². The van der Waals surface area contributed by atoms with Crippen LogP contribution in [0.3, 0.4) is 0 Å². The van der Waals surface area contributed by atoms with Crippen LogP contribution in [0.2, 0.25) is 0 Å². The third-order valence-corrected chi connectivity index (χ3v) is 2.03. The van der Waals surface area contributed by atoms with Gasteiger partial charge in [-0.05, 0) is 30.7 Å². The van der Waals surface area contributed by atoms with Crippen molar-refractivity contribution in [1.29, 1.82) is 0 Å². The maximum atomic E-state index is 12.3. The van der Waals surface area contributed by atoms with Crippen molar-refractivity contribution in [3.63, 3.8) is 0 Å². The molecule has 5 heteroatoms. The standard InChI is InChI=1S/C12H15F3O2/c1-2-7-16-8-9-17-11-5-3-10(4-6-11)12(13,14)15/h3-6H,2,7-9H2,1H3. The summed E-state index contributed by atoms with van der Waals surface area (Å²) in [4.78, 5) is 0. The summed E-state index contributed by atoms with van der Waals surface area (Å²) in [5, 5.41) is 0. The molecule has 0 aromatic heterocycles. The lowest BCUT2D eigenvalue weighted by Gasteiger charge is -2.09. The molecule has 2 nitrogen and oxygen atoms in total. The third-order valence-electron chi connectivity index (χ3n) is 2.03. The molecular weight excluding hydrogens is 233 g/mol. The van der Waals surface area contributed by atoms with Gasteiger partial charge in [-0.25, -0.2) is 0 Å². The number of rotatable bonds is 6. The number of hydrogen-bond acceptors (Lipinski definition) is 2. The molecule has 0 aliphatic rings. The monoisotopic (exact) mass is 248 g/mol. The molecule has 0 spiro atoms. The first-order chi connectivity index (χ1) is 8.04. The number of halogens is 3. The zero-order chi connectivity index (χ0) is 12.7. The highest BCUT2D eigenvalue weighted by Gasteiger charge is 2.29. The Kier molecular flexibility index (Phi) is 5.28.